The Balaban J connectivity index is 3.02. The summed E-state index contributed by atoms with van der Waals surface area (Å²) < 4.78 is 10.3. The third-order valence-corrected chi connectivity index (χ3v) is 1.50. The van der Waals surface area contributed by atoms with Gasteiger partial charge < -0.3 is 15.2 Å². The van der Waals surface area contributed by atoms with Crippen LogP contribution in [0.4, 0.5) is 0 Å². The fourth-order valence-corrected chi connectivity index (χ4v) is 0.821. The van der Waals surface area contributed by atoms with Crippen molar-refractivity contribution < 1.29 is 9.47 Å². The highest BCUT2D eigenvalue weighted by atomic mass is 16.5. The van der Waals surface area contributed by atoms with E-state index in [4.69, 9.17) is 15.2 Å². The van der Waals surface area contributed by atoms with Gasteiger partial charge in [0, 0.05) is 7.11 Å². The van der Waals surface area contributed by atoms with Crippen LogP contribution < -0.4 is 5.73 Å². The maximum atomic E-state index is 5.40. The minimum Gasteiger partial charge on any atom is -0.382 e. The van der Waals surface area contributed by atoms with Gasteiger partial charge in [-0.2, -0.15) is 0 Å². The number of hydrogen-bond acceptors (Lipinski definition) is 3. The van der Waals surface area contributed by atoms with Crippen LogP contribution in [-0.2, 0) is 9.47 Å². The SMILES string of the molecule is COCCOC(C)CCCN. The Morgan fingerprint density at radius 3 is 2.64 bits per heavy atom. The topological polar surface area (TPSA) is 44.5 Å². The Morgan fingerprint density at radius 2 is 2.09 bits per heavy atom. The van der Waals surface area contributed by atoms with Gasteiger partial charge in [-0.15, -0.1) is 0 Å². The fraction of sp³-hybridized carbons (Fsp3) is 1.00. The molecule has 0 aliphatic rings. The molecule has 1 atom stereocenters. The summed E-state index contributed by atoms with van der Waals surface area (Å²) in [5.74, 6) is 0. The van der Waals surface area contributed by atoms with Gasteiger partial charge in [0.1, 0.15) is 0 Å². The van der Waals surface area contributed by atoms with E-state index in [2.05, 4.69) is 6.92 Å². The molecule has 3 heteroatoms. The average Bonchev–Trinajstić information content (AvgIpc) is 2.01. The van der Waals surface area contributed by atoms with E-state index < -0.39 is 0 Å². The highest BCUT2D eigenvalue weighted by Gasteiger charge is 1.99. The predicted molar refractivity (Wildman–Crippen MR) is 45.6 cm³/mol. The molecule has 0 aromatic carbocycles. The van der Waals surface area contributed by atoms with Gasteiger partial charge in [-0.1, -0.05) is 0 Å². The third kappa shape index (κ3) is 7.78. The lowest BCUT2D eigenvalue weighted by molar-refractivity contribution is 0.0220. The van der Waals surface area contributed by atoms with Crippen molar-refractivity contribution in [2.75, 3.05) is 26.9 Å². The van der Waals surface area contributed by atoms with E-state index in [0.29, 0.717) is 19.3 Å². The normalized spacial score (nSPS) is 13.4. The predicted octanol–water partition coefficient (Wildman–Crippen LogP) is 0.777. The lowest BCUT2D eigenvalue weighted by atomic mass is 10.2. The van der Waals surface area contributed by atoms with Crippen LogP contribution in [0.15, 0.2) is 0 Å². The molecular weight excluding hydrogens is 142 g/mol. The quantitative estimate of drug-likeness (QED) is 0.561. The second kappa shape index (κ2) is 7.98. The second-order valence-corrected chi connectivity index (χ2v) is 2.61. The van der Waals surface area contributed by atoms with Gasteiger partial charge in [0.05, 0.1) is 19.3 Å². The lowest BCUT2D eigenvalue weighted by Crippen LogP contribution is -2.13. The molecule has 0 radical (unpaired) electrons. The van der Waals surface area contributed by atoms with E-state index in [-0.39, 0.29) is 0 Å². The summed E-state index contributed by atoms with van der Waals surface area (Å²) in [6.45, 7) is 4.17. The maximum absolute atomic E-state index is 5.40. The van der Waals surface area contributed by atoms with Gasteiger partial charge in [-0.3, -0.25) is 0 Å². The Labute approximate surface area is 68.9 Å². The molecule has 0 amide bonds. The third-order valence-electron chi connectivity index (χ3n) is 1.50. The molecule has 0 aromatic rings. The summed E-state index contributed by atoms with van der Waals surface area (Å²) in [6, 6.07) is 0. The summed E-state index contributed by atoms with van der Waals surface area (Å²) >= 11 is 0. The molecule has 0 spiro atoms. The Hall–Kier alpha value is -0.120. The van der Waals surface area contributed by atoms with Gasteiger partial charge in [0.2, 0.25) is 0 Å². The minimum absolute atomic E-state index is 0.314. The van der Waals surface area contributed by atoms with Gasteiger partial charge in [0.25, 0.3) is 0 Å². The van der Waals surface area contributed by atoms with Crippen LogP contribution in [0.1, 0.15) is 19.8 Å². The summed E-state index contributed by atoms with van der Waals surface area (Å²) in [6.07, 6.45) is 2.39. The van der Waals surface area contributed by atoms with Crippen LogP contribution in [-0.4, -0.2) is 33.0 Å². The van der Waals surface area contributed by atoms with Crippen molar-refractivity contribution in [1.29, 1.82) is 0 Å². The van der Waals surface area contributed by atoms with E-state index in [0.717, 1.165) is 19.4 Å². The molecule has 0 saturated heterocycles. The van der Waals surface area contributed by atoms with Crippen LogP contribution in [0.2, 0.25) is 0 Å². The van der Waals surface area contributed by atoms with Gasteiger partial charge in [0.15, 0.2) is 0 Å². The van der Waals surface area contributed by atoms with Crippen LogP contribution in [0.3, 0.4) is 0 Å². The minimum atomic E-state index is 0.314. The van der Waals surface area contributed by atoms with Crippen molar-refractivity contribution in [3.05, 3.63) is 0 Å². The van der Waals surface area contributed by atoms with E-state index in [1.807, 2.05) is 0 Å². The molecule has 0 rings (SSSR count). The fourth-order valence-electron chi connectivity index (χ4n) is 0.821. The van der Waals surface area contributed by atoms with Crippen LogP contribution in [0, 0.1) is 0 Å². The zero-order chi connectivity index (χ0) is 8.53. The molecule has 0 fully saturated rings. The van der Waals surface area contributed by atoms with Crippen molar-refractivity contribution in [1.82, 2.24) is 0 Å². The lowest BCUT2D eigenvalue weighted by Gasteiger charge is -2.11. The molecule has 3 nitrogen and oxygen atoms in total. The van der Waals surface area contributed by atoms with Crippen molar-refractivity contribution in [3.63, 3.8) is 0 Å². The van der Waals surface area contributed by atoms with Crippen molar-refractivity contribution in [2.24, 2.45) is 5.73 Å². The highest BCUT2D eigenvalue weighted by Crippen LogP contribution is 1.99. The molecule has 0 saturated carbocycles. The monoisotopic (exact) mass is 161 g/mol. The molecule has 0 aromatic heterocycles. The second-order valence-electron chi connectivity index (χ2n) is 2.61. The Bertz CT molecular complexity index is 78.5. The molecular formula is C8H19NO2. The molecule has 2 N–H and O–H groups in total. The summed E-state index contributed by atoms with van der Waals surface area (Å²) in [5.41, 5.74) is 5.35. The number of methoxy groups -OCH3 is 1. The van der Waals surface area contributed by atoms with Gasteiger partial charge >= 0.3 is 0 Å². The number of nitrogens with two attached hydrogens (primary N) is 1. The smallest absolute Gasteiger partial charge is 0.0703 e. The Morgan fingerprint density at radius 1 is 1.36 bits per heavy atom. The van der Waals surface area contributed by atoms with E-state index in [9.17, 15) is 0 Å². The molecule has 1 unspecified atom stereocenters. The van der Waals surface area contributed by atoms with E-state index >= 15 is 0 Å². The van der Waals surface area contributed by atoms with Crippen LogP contribution in [0.5, 0.6) is 0 Å². The summed E-state index contributed by atoms with van der Waals surface area (Å²) in [7, 11) is 1.67. The first kappa shape index (κ1) is 10.9. The molecule has 0 heterocycles. The van der Waals surface area contributed by atoms with Crippen LogP contribution in [0.25, 0.3) is 0 Å². The maximum Gasteiger partial charge on any atom is 0.0703 e. The zero-order valence-electron chi connectivity index (χ0n) is 7.51. The standard InChI is InChI=1S/C8H19NO2/c1-8(4-3-5-9)11-7-6-10-2/h8H,3-7,9H2,1-2H3. The number of rotatable bonds is 7. The van der Waals surface area contributed by atoms with Crippen molar-refractivity contribution in [2.45, 2.75) is 25.9 Å². The molecule has 11 heavy (non-hydrogen) atoms. The highest BCUT2D eigenvalue weighted by molar-refractivity contribution is 4.50. The van der Waals surface area contributed by atoms with E-state index in [1.165, 1.54) is 0 Å². The molecule has 68 valence electrons. The van der Waals surface area contributed by atoms with E-state index in [1.54, 1.807) is 7.11 Å². The Kier molecular flexibility index (Phi) is 7.89. The summed E-state index contributed by atoms with van der Waals surface area (Å²) in [5, 5.41) is 0. The molecule has 0 bridgehead atoms. The van der Waals surface area contributed by atoms with Gasteiger partial charge in [-0.25, -0.2) is 0 Å². The first-order chi connectivity index (χ1) is 5.31. The largest absolute Gasteiger partial charge is 0.382 e. The first-order valence-corrected chi connectivity index (χ1v) is 4.12. The van der Waals surface area contributed by atoms with Crippen LogP contribution >= 0.6 is 0 Å². The molecule has 0 aliphatic heterocycles. The van der Waals surface area contributed by atoms with Crippen molar-refractivity contribution in [3.8, 4) is 0 Å². The molecule has 0 aliphatic carbocycles. The zero-order valence-corrected chi connectivity index (χ0v) is 7.51. The van der Waals surface area contributed by atoms with Crippen molar-refractivity contribution >= 4 is 0 Å². The number of ether oxygens (including phenoxy) is 2. The average molecular weight is 161 g/mol. The van der Waals surface area contributed by atoms with Gasteiger partial charge in [-0.05, 0) is 26.3 Å². The summed E-state index contributed by atoms with van der Waals surface area (Å²) in [4.78, 5) is 0. The first-order valence-electron chi connectivity index (χ1n) is 4.12. The number of hydrogen-bond donors (Lipinski definition) is 1.